The Labute approximate surface area is 104 Å². The monoisotopic (exact) mass is 256 g/mol. The van der Waals surface area contributed by atoms with Gasteiger partial charge in [-0.05, 0) is 29.5 Å². The lowest BCUT2D eigenvalue weighted by Crippen LogP contribution is -2.29. The highest BCUT2D eigenvalue weighted by atomic mass is 19.4. The van der Waals surface area contributed by atoms with Crippen molar-refractivity contribution in [1.29, 1.82) is 0 Å². The number of alkyl halides is 3. The van der Waals surface area contributed by atoms with Crippen LogP contribution in [-0.4, -0.2) is 19.9 Å². The number of benzene rings is 1. The molecule has 1 atom stereocenters. The van der Waals surface area contributed by atoms with E-state index in [-0.39, 0.29) is 6.61 Å². The van der Waals surface area contributed by atoms with Crippen LogP contribution < -0.4 is 0 Å². The van der Waals surface area contributed by atoms with Crippen molar-refractivity contribution in [3.8, 4) is 0 Å². The van der Waals surface area contributed by atoms with E-state index in [4.69, 9.17) is 4.74 Å². The van der Waals surface area contributed by atoms with E-state index in [2.05, 4.69) is 0 Å². The van der Waals surface area contributed by atoms with E-state index in [1.807, 2.05) is 12.1 Å². The van der Waals surface area contributed by atoms with Crippen LogP contribution in [-0.2, 0) is 11.2 Å². The molecule has 0 heterocycles. The molecule has 0 N–H and O–H groups in total. The summed E-state index contributed by atoms with van der Waals surface area (Å²) in [5, 5.41) is 0. The fraction of sp³-hybridized carbons (Fsp3) is 0.429. The maximum absolute atomic E-state index is 13.1. The molecule has 0 amide bonds. The predicted molar refractivity (Wildman–Crippen MR) is 64.2 cm³/mol. The molecule has 18 heavy (non-hydrogen) atoms. The first-order chi connectivity index (χ1) is 8.54. The molecule has 0 radical (unpaired) electrons. The number of aryl methyl sites for hydroxylation is 1. The number of fused-ring (bicyclic) bond motifs is 1. The summed E-state index contributed by atoms with van der Waals surface area (Å²) in [6, 6.07) is 7.29. The van der Waals surface area contributed by atoms with Gasteiger partial charge in [0.2, 0.25) is 0 Å². The van der Waals surface area contributed by atoms with Crippen molar-refractivity contribution in [2.24, 2.45) is 5.92 Å². The Balaban J connectivity index is 2.40. The number of hydrogen-bond donors (Lipinski definition) is 0. The van der Waals surface area contributed by atoms with Gasteiger partial charge >= 0.3 is 6.18 Å². The molecule has 0 fully saturated rings. The van der Waals surface area contributed by atoms with Gasteiger partial charge in [0.25, 0.3) is 0 Å². The highest BCUT2D eigenvalue weighted by molar-refractivity contribution is 5.72. The summed E-state index contributed by atoms with van der Waals surface area (Å²) < 4.78 is 43.9. The Hall–Kier alpha value is -1.29. The normalized spacial score (nSPS) is 17.0. The van der Waals surface area contributed by atoms with E-state index < -0.39 is 12.1 Å². The maximum atomic E-state index is 13.1. The maximum Gasteiger partial charge on any atom is 0.397 e. The minimum absolute atomic E-state index is 0.330. The molecule has 0 aliphatic heterocycles. The quantitative estimate of drug-likeness (QED) is 0.798. The number of halogens is 3. The second-order valence-corrected chi connectivity index (χ2v) is 4.40. The van der Waals surface area contributed by atoms with Crippen LogP contribution in [0.4, 0.5) is 13.2 Å². The Morgan fingerprint density at radius 2 is 2.00 bits per heavy atom. The molecule has 2 rings (SSSR count). The standard InChI is InChI=1S/C14H15F3O/c1-18-9-13(14(15,16)17)12-8-4-6-10-5-2-3-7-11(10)12/h2-3,5,7-8,13H,4,6,9H2,1H3. The second kappa shape index (κ2) is 5.14. The minimum Gasteiger partial charge on any atom is -0.384 e. The van der Waals surface area contributed by atoms with Crippen molar-refractivity contribution in [1.82, 2.24) is 0 Å². The second-order valence-electron chi connectivity index (χ2n) is 4.40. The zero-order valence-corrected chi connectivity index (χ0v) is 10.1. The third kappa shape index (κ3) is 2.58. The summed E-state index contributed by atoms with van der Waals surface area (Å²) >= 11 is 0. The molecule has 1 aliphatic rings. The minimum atomic E-state index is -4.27. The number of ether oxygens (including phenoxy) is 1. The number of methoxy groups -OCH3 is 1. The summed E-state index contributed by atoms with van der Waals surface area (Å²) in [7, 11) is 1.30. The summed E-state index contributed by atoms with van der Waals surface area (Å²) in [5.74, 6) is -1.54. The van der Waals surface area contributed by atoms with Gasteiger partial charge in [-0.1, -0.05) is 30.3 Å². The lowest BCUT2D eigenvalue weighted by Gasteiger charge is -2.26. The van der Waals surface area contributed by atoms with Crippen LogP contribution in [0.3, 0.4) is 0 Å². The lowest BCUT2D eigenvalue weighted by molar-refractivity contribution is -0.168. The zero-order valence-electron chi connectivity index (χ0n) is 10.1. The molecular formula is C14H15F3O. The zero-order chi connectivity index (χ0) is 13.2. The average Bonchev–Trinajstić information content (AvgIpc) is 2.34. The molecule has 1 aromatic carbocycles. The van der Waals surface area contributed by atoms with Crippen molar-refractivity contribution in [3.05, 3.63) is 41.5 Å². The van der Waals surface area contributed by atoms with Crippen molar-refractivity contribution < 1.29 is 17.9 Å². The predicted octanol–water partition coefficient (Wildman–Crippen LogP) is 3.84. The van der Waals surface area contributed by atoms with E-state index in [1.165, 1.54) is 7.11 Å². The molecule has 98 valence electrons. The van der Waals surface area contributed by atoms with Gasteiger partial charge in [0.15, 0.2) is 0 Å². The van der Waals surface area contributed by atoms with Crippen LogP contribution in [0.2, 0.25) is 0 Å². The highest BCUT2D eigenvalue weighted by Gasteiger charge is 2.43. The molecule has 1 nitrogen and oxygen atoms in total. The van der Waals surface area contributed by atoms with Gasteiger partial charge in [-0.3, -0.25) is 0 Å². The van der Waals surface area contributed by atoms with E-state index in [1.54, 1.807) is 18.2 Å². The number of hydrogen-bond acceptors (Lipinski definition) is 1. The van der Waals surface area contributed by atoms with E-state index in [0.29, 0.717) is 17.6 Å². The van der Waals surface area contributed by atoms with Crippen molar-refractivity contribution in [2.45, 2.75) is 19.0 Å². The van der Waals surface area contributed by atoms with Crippen LogP contribution >= 0.6 is 0 Å². The van der Waals surface area contributed by atoms with Gasteiger partial charge in [-0.2, -0.15) is 13.2 Å². The molecular weight excluding hydrogens is 241 g/mol. The van der Waals surface area contributed by atoms with Gasteiger partial charge in [0.1, 0.15) is 5.92 Å². The first-order valence-corrected chi connectivity index (χ1v) is 5.88. The highest BCUT2D eigenvalue weighted by Crippen LogP contribution is 2.40. The third-order valence-electron chi connectivity index (χ3n) is 3.21. The topological polar surface area (TPSA) is 9.23 Å². The summed E-state index contributed by atoms with van der Waals surface area (Å²) in [6.07, 6.45) is -1.12. The lowest BCUT2D eigenvalue weighted by atomic mass is 9.83. The smallest absolute Gasteiger partial charge is 0.384 e. The largest absolute Gasteiger partial charge is 0.397 e. The summed E-state index contributed by atoms with van der Waals surface area (Å²) in [5.41, 5.74) is 2.05. The van der Waals surface area contributed by atoms with Crippen LogP contribution in [0.25, 0.3) is 5.57 Å². The third-order valence-corrected chi connectivity index (χ3v) is 3.21. The van der Waals surface area contributed by atoms with Crippen molar-refractivity contribution >= 4 is 5.57 Å². The number of rotatable bonds is 3. The van der Waals surface area contributed by atoms with Gasteiger partial charge in [0, 0.05) is 7.11 Å². The van der Waals surface area contributed by atoms with E-state index >= 15 is 0 Å². The molecule has 4 heteroatoms. The fourth-order valence-electron chi connectivity index (χ4n) is 2.37. The Morgan fingerprint density at radius 1 is 1.28 bits per heavy atom. The molecule has 1 aliphatic carbocycles. The molecule has 0 saturated heterocycles. The first kappa shape index (κ1) is 13.1. The Kier molecular flexibility index (Phi) is 3.76. The van der Waals surface area contributed by atoms with E-state index in [9.17, 15) is 13.2 Å². The van der Waals surface area contributed by atoms with Crippen LogP contribution in [0.5, 0.6) is 0 Å². The van der Waals surface area contributed by atoms with Crippen molar-refractivity contribution in [3.63, 3.8) is 0 Å². The summed E-state index contributed by atoms with van der Waals surface area (Å²) in [4.78, 5) is 0. The number of allylic oxidation sites excluding steroid dienone is 1. The molecule has 1 unspecified atom stereocenters. The van der Waals surface area contributed by atoms with E-state index in [0.717, 1.165) is 12.0 Å². The van der Waals surface area contributed by atoms with Gasteiger partial charge in [-0.15, -0.1) is 0 Å². The average molecular weight is 256 g/mol. The first-order valence-electron chi connectivity index (χ1n) is 5.88. The summed E-state index contributed by atoms with van der Waals surface area (Å²) in [6.45, 7) is -0.330. The van der Waals surface area contributed by atoms with Crippen LogP contribution in [0.1, 0.15) is 17.5 Å². The Morgan fingerprint density at radius 3 is 2.67 bits per heavy atom. The van der Waals surface area contributed by atoms with Crippen molar-refractivity contribution in [2.75, 3.05) is 13.7 Å². The SMILES string of the molecule is COCC(C1=CCCc2ccccc21)C(F)(F)F. The fourth-order valence-corrected chi connectivity index (χ4v) is 2.37. The molecule has 0 aromatic heterocycles. The van der Waals surface area contributed by atoms with Gasteiger partial charge < -0.3 is 4.74 Å². The molecule has 1 aromatic rings. The molecule has 0 spiro atoms. The van der Waals surface area contributed by atoms with Gasteiger partial charge in [0.05, 0.1) is 6.61 Å². The van der Waals surface area contributed by atoms with Gasteiger partial charge in [-0.25, -0.2) is 0 Å². The Bertz CT molecular complexity index is 449. The molecule has 0 saturated carbocycles. The van der Waals surface area contributed by atoms with Crippen LogP contribution in [0, 0.1) is 5.92 Å². The molecule has 0 bridgehead atoms. The van der Waals surface area contributed by atoms with Crippen LogP contribution in [0.15, 0.2) is 30.3 Å².